The monoisotopic (exact) mass is 273 g/mol. The maximum atomic E-state index is 6.10. The summed E-state index contributed by atoms with van der Waals surface area (Å²) in [6.45, 7) is 0.690. The number of allylic oxidation sites excluding steroid dienone is 1. The molecule has 0 saturated heterocycles. The second kappa shape index (κ2) is 5.69. The molecule has 1 atom stereocenters. The van der Waals surface area contributed by atoms with Gasteiger partial charge in [0.1, 0.15) is 11.8 Å². The van der Waals surface area contributed by atoms with E-state index in [2.05, 4.69) is 10.4 Å². The average molecular weight is 274 g/mol. The first-order chi connectivity index (χ1) is 8.22. The van der Waals surface area contributed by atoms with Gasteiger partial charge in [-0.1, -0.05) is 23.2 Å². The van der Waals surface area contributed by atoms with E-state index in [9.17, 15) is 0 Å². The van der Waals surface area contributed by atoms with Crippen LogP contribution in [0.15, 0.2) is 24.1 Å². The highest BCUT2D eigenvalue weighted by Crippen LogP contribution is 2.30. The molecule has 0 amide bonds. The van der Waals surface area contributed by atoms with Gasteiger partial charge in [-0.25, -0.2) is 5.43 Å². The molecule has 92 valence electrons. The molecule has 1 aliphatic heterocycles. The second-order valence-corrected chi connectivity index (χ2v) is 4.56. The van der Waals surface area contributed by atoms with Crippen molar-refractivity contribution in [3.8, 4) is 0 Å². The zero-order chi connectivity index (χ0) is 12.3. The predicted octanol–water partition coefficient (Wildman–Crippen LogP) is 2.59. The van der Waals surface area contributed by atoms with Gasteiger partial charge < -0.3 is 4.74 Å². The number of nitrogens with zero attached hydrogens (tertiary/aromatic N) is 1. The number of pyridine rings is 1. The number of hydrogen-bond donors (Lipinski definition) is 2. The Balaban J connectivity index is 2.31. The van der Waals surface area contributed by atoms with E-state index in [0.717, 1.165) is 18.6 Å². The zero-order valence-corrected chi connectivity index (χ0v) is 10.6. The third-order valence-corrected chi connectivity index (χ3v) is 3.03. The van der Waals surface area contributed by atoms with Crippen molar-refractivity contribution in [1.29, 1.82) is 0 Å². The van der Waals surface area contributed by atoms with E-state index < -0.39 is 0 Å². The second-order valence-electron chi connectivity index (χ2n) is 3.72. The molecule has 0 aliphatic carbocycles. The van der Waals surface area contributed by atoms with Gasteiger partial charge in [-0.15, -0.1) is 0 Å². The highest BCUT2D eigenvalue weighted by molar-refractivity contribution is 6.34. The normalized spacial score (nSPS) is 17.2. The molecule has 6 heteroatoms. The maximum absolute atomic E-state index is 6.10. The van der Waals surface area contributed by atoms with Crippen LogP contribution in [-0.2, 0) is 4.74 Å². The Hall–Kier alpha value is -0.810. The van der Waals surface area contributed by atoms with Crippen molar-refractivity contribution in [3.05, 3.63) is 39.8 Å². The zero-order valence-electron chi connectivity index (χ0n) is 9.12. The molecule has 0 saturated carbocycles. The van der Waals surface area contributed by atoms with Crippen molar-refractivity contribution in [2.45, 2.75) is 18.9 Å². The number of nitrogens with two attached hydrogens (primary N) is 1. The molecule has 0 aromatic carbocycles. The molecule has 17 heavy (non-hydrogen) atoms. The lowest BCUT2D eigenvalue weighted by Gasteiger charge is -2.23. The van der Waals surface area contributed by atoms with E-state index in [4.69, 9.17) is 33.8 Å². The fourth-order valence-corrected chi connectivity index (χ4v) is 2.20. The Morgan fingerprint density at radius 3 is 2.88 bits per heavy atom. The van der Waals surface area contributed by atoms with Gasteiger partial charge in [0, 0.05) is 6.20 Å². The number of hydrogen-bond acceptors (Lipinski definition) is 4. The molecule has 2 heterocycles. The van der Waals surface area contributed by atoms with Gasteiger partial charge in [-0.05, 0) is 25.0 Å². The van der Waals surface area contributed by atoms with Gasteiger partial charge >= 0.3 is 0 Å². The van der Waals surface area contributed by atoms with Crippen molar-refractivity contribution in [3.63, 3.8) is 0 Å². The molecule has 3 N–H and O–H groups in total. The van der Waals surface area contributed by atoms with Crippen LogP contribution in [0.25, 0.3) is 0 Å². The molecule has 0 fully saturated rings. The van der Waals surface area contributed by atoms with Gasteiger partial charge in [0.05, 0.1) is 22.3 Å². The van der Waals surface area contributed by atoms with Crippen molar-refractivity contribution in [2.24, 2.45) is 5.84 Å². The molecule has 1 unspecified atom stereocenters. The molecule has 1 aromatic heterocycles. The summed E-state index contributed by atoms with van der Waals surface area (Å²) in [6.07, 6.45) is 5.53. The molecule has 1 aliphatic rings. The Kier molecular flexibility index (Phi) is 4.23. The SMILES string of the molecule is NNC(C1=CCCCO1)c1ncc(Cl)cc1Cl. The van der Waals surface area contributed by atoms with E-state index in [1.54, 1.807) is 6.07 Å². The lowest BCUT2D eigenvalue weighted by atomic mass is 10.1. The lowest BCUT2D eigenvalue weighted by molar-refractivity contribution is 0.167. The fraction of sp³-hybridized carbons (Fsp3) is 0.364. The Morgan fingerprint density at radius 1 is 1.47 bits per heavy atom. The Labute approximate surface area is 110 Å². The number of rotatable bonds is 3. The van der Waals surface area contributed by atoms with Crippen LogP contribution in [0.1, 0.15) is 24.6 Å². The number of hydrazine groups is 1. The first kappa shape index (κ1) is 12.6. The Morgan fingerprint density at radius 2 is 2.29 bits per heavy atom. The summed E-state index contributed by atoms with van der Waals surface area (Å²) >= 11 is 11.9. The standard InChI is InChI=1S/C11H13Cl2N3O/c12-7-5-8(13)10(15-6-7)11(16-14)9-3-1-2-4-17-9/h3,5-6,11,16H,1-2,4,14H2. The lowest BCUT2D eigenvalue weighted by Crippen LogP contribution is -2.32. The smallest absolute Gasteiger partial charge is 0.122 e. The van der Waals surface area contributed by atoms with Crippen LogP contribution in [0.4, 0.5) is 0 Å². The minimum atomic E-state index is -0.333. The van der Waals surface area contributed by atoms with E-state index in [1.165, 1.54) is 6.20 Å². The minimum absolute atomic E-state index is 0.333. The fourth-order valence-electron chi connectivity index (χ4n) is 1.71. The van der Waals surface area contributed by atoms with Crippen LogP contribution in [0.2, 0.25) is 10.0 Å². The summed E-state index contributed by atoms with van der Waals surface area (Å²) in [5.74, 6) is 6.30. The number of ether oxygens (including phenoxy) is 1. The number of nitrogens with one attached hydrogen (secondary N) is 1. The molecular weight excluding hydrogens is 261 g/mol. The minimum Gasteiger partial charge on any atom is -0.496 e. The third kappa shape index (κ3) is 2.90. The molecule has 0 radical (unpaired) electrons. The van der Waals surface area contributed by atoms with Gasteiger partial charge in [0.25, 0.3) is 0 Å². The van der Waals surface area contributed by atoms with Crippen molar-refractivity contribution < 1.29 is 4.74 Å². The van der Waals surface area contributed by atoms with Gasteiger partial charge in [-0.2, -0.15) is 0 Å². The van der Waals surface area contributed by atoms with E-state index in [0.29, 0.717) is 22.3 Å². The van der Waals surface area contributed by atoms with E-state index in [1.807, 2.05) is 6.08 Å². The van der Waals surface area contributed by atoms with Gasteiger partial charge in [-0.3, -0.25) is 10.8 Å². The highest BCUT2D eigenvalue weighted by atomic mass is 35.5. The summed E-state index contributed by atoms with van der Waals surface area (Å²) in [4.78, 5) is 4.20. The van der Waals surface area contributed by atoms with Crippen LogP contribution >= 0.6 is 23.2 Å². The van der Waals surface area contributed by atoms with Gasteiger partial charge in [0.2, 0.25) is 0 Å². The third-order valence-electron chi connectivity index (χ3n) is 2.52. The summed E-state index contributed by atoms with van der Waals surface area (Å²) in [5, 5.41) is 0.962. The van der Waals surface area contributed by atoms with Crippen molar-refractivity contribution in [2.75, 3.05) is 6.61 Å². The summed E-state index contributed by atoms with van der Waals surface area (Å²) in [5.41, 5.74) is 3.28. The van der Waals surface area contributed by atoms with E-state index in [-0.39, 0.29) is 6.04 Å². The van der Waals surface area contributed by atoms with Crippen molar-refractivity contribution >= 4 is 23.2 Å². The van der Waals surface area contributed by atoms with Gasteiger partial charge in [0.15, 0.2) is 0 Å². The molecular formula is C11H13Cl2N3O. The van der Waals surface area contributed by atoms with Crippen LogP contribution in [0, 0.1) is 0 Å². The number of aromatic nitrogens is 1. The summed E-state index contributed by atoms with van der Waals surface area (Å²) in [7, 11) is 0. The first-order valence-electron chi connectivity index (χ1n) is 5.32. The highest BCUT2D eigenvalue weighted by Gasteiger charge is 2.22. The maximum Gasteiger partial charge on any atom is 0.122 e. The molecule has 0 bridgehead atoms. The predicted molar refractivity (Wildman–Crippen MR) is 67.6 cm³/mol. The molecule has 4 nitrogen and oxygen atoms in total. The molecule has 0 spiro atoms. The average Bonchev–Trinajstić information content (AvgIpc) is 2.34. The molecule has 2 rings (SSSR count). The summed E-state index contributed by atoms with van der Waals surface area (Å²) < 4.78 is 5.56. The Bertz CT molecular complexity index is 437. The van der Waals surface area contributed by atoms with Crippen molar-refractivity contribution in [1.82, 2.24) is 10.4 Å². The number of halogens is 2. The topological polar surface area (TPSA) is 60.2 Å². The first-order valence-corrected chi connectivity index (χ1v) is 6.08. The van der Waals surface area contributed by atoms with Crippen LogP contribution < -0.4 is 11.3 Å². The van der Waals surface area contributed by atoms with E-state index >= 15 is 0 Å². The largest absolute Gasteiger partial charge is 0.496 e. The van der Waals surface area contributed by atoms with Crippen LogP contribution in [0.5, 0.6) is 0 Å². The quantitative estimate of drug-likeness (QED) is 0.657. The van der Waals surface area contributed by atoms with Crippen LogP contribution in [0.3, 0.4) is 0 Å². The summed E-state index contributed by atoms with van der Waals surface area (Å²) in [6, 6.07) is 1.30. The molecule has 1 aromatic rings. The van der Waals surface area contributed by atoms with Crippen LogP contribution in [-0.4, -0.2) is 11.6 Å².